The third kappa shape index (κ3) is 4.75. The van der Waals surface area contributed by atoms with Crippen molar-refractivity contribution in [2.75, 3.05) is 19.6 Å². The molecule has 2 fully saturated rings. The summed E-state index contributed by atoms with van der Waals surface area (Å²) >= 11 is 0. The SMILES string of the molecule is CCn1ncc(CN2CC3C(CNCc4cccc(OC(F)(F)F)c4)C3C2)c1C. The fraction of sp³-hybridized carbons (Fsp3) is 0.571. The minimum Gasteiger partial charge on any atom is -0.406 e. The van der Waals surface area contributed by atoms with E-state index in [0.717, 1.165) is 50.1 Å². The van der Waals surface area contributed by atoms with Gasteiger partial charge in [0.05, 0.1) is 6.20 Å². The second-order valence-electron chi connectivity index (χ2n) is 8.08. The van der Waals surface area contributed by atoms with Gasteiger partial charge in [0.25, 0.3) is 0 Å². The molecule has 2 atom stereocenters. The van der Waals surface area contributed by atoms with Crippen LogP contribution in [0.25, 0.3) is 0 Å². The number of rotatable bonds is 8. The molecule has 2 aliphatic rings. The Balaban J connectivity index is 1.19. The van der Waals surface area contributed by atoms with Crippen LogP contribution in [0.4, 0.5) is 13.2 Å². The molecule has 158 valence electrons. The molecule has 1 aromatic heterocycles. The minimum absolute atomic E-state index is 0.169. The van der Waals surface area contributed by atoms with Crippen LogP contribution in [0.1, 0.15) is 23.7 Å². The first-order valence-corrected chi connectivity index (χ1v) is 10.1. The minimum atomic E-state index is -4.66. The summed E-state index contributed by atoms with van der Waals surface area (Å²) in [4.78, 5) is 2.51. The fourth-order valence-electron chi connectivity index (χ4n) is 4.60. The molecule has 1 N–H and O–H groups in total. The molecular weight excluding hydrogens is 381 g/mol. The summed E-state index contributed by atoms with van der Waals surface area (Å²) in [6, 6.07) is 6.16. The van der Waals surface area contributed by atoms with E-state index in [1.165, 1.54) is 23.4 Å². The molecule has 1 saturated carbocycles. The van der Waals surface area contributed by atoms with E-state index < -0.39 is 6.36 Å². The van der Waals surface area contributed by atoms with E-state index in [0.29, 0.717) is 12.5 Å². The van der Waals surface area contributed by atoms with Gasteiger partial charge in [0, 0.05) is 44.0 Å². The van der Waals surface area contributed by atoms with Gasteiger partial charge in [-0.05, 0) is 55.8 Å². The quantitative estimate of drug-likeness (QED) is 0.725. The predicted octanol–water partition coefficient (Wildman–Crippen LogP) is 3.58. The highest BCUT2D eigenvalue weighted by Gasteiger charge is 2.54. The number of likely N-dealkylation sites (tertiary alicyclic amines) is 1. The van der Waals surface area contributed by atoms with E-state index in [1.807, 2.05) is 16.9 Å². The van der Waals surface area contributed by atoms with Gasteiger partial charge in [-0.1, -0.05) is 12.1 Å². The highest BCUT2D eigenvalue weighted by Crippen LogP contribution is 2.51. The van der Waals surface area contributed by atoms with Crippen molar-refractivity contribution in [1.82, 2.24) is 20.0 Å². The first-order chi connectivity index (χ1) is 13.8. The lowest BCUT2D eigenvalue weighted by Gasteiger charge is -2.19. The summed E-state index contributed by atoms with van der Waals surface area (Å²) in [5.41, 5.74) is 3.36. The molecule has 0 bridgehead atoms. The number of aromatic nitrogens is 2. The molecule has 1 saturated heterocycles. The number of piperidine rings is 1. The molecule has 2 aromatic rings. The van der Waals surface area contributed by atoms with Crippen LogP contribution in [0, 0.1) is 24.7 Å². The summed E-state index contributed by atoms with van der Waals surface area (Å²) < 4.78 is 43.0. The van der Waals surface area contributed by atoms with Gasteiger partial charge in [0.15, 0.2) is 0 Å². The smallest absolute Gasteiger partial charge is 0.406 e. The van der Waals surface area contributed by atoms with Crippen molar-refractivity contribution in [3.63, 3.8) is 0 Å². The summed E-state index contributed by atoms with van der Waals surface area (Å²) in [6.45, 7) is 9.77. The number of ether oxygens (including phenoxy) is 1. The maximum Gasteiger partial charge on any atom is 0.573 e. The summed E-state index contributed by atoms with van der Waals surface area (Å²) in [7, 11) is 0. The number of nitrogens with zero attached hydrogens (tertiary/aromatic N) is 3. The first-order valence-electron chi connectivity index (χ1n) is 10.1. The van der Waals surface area contributed by atoms with Crippen LogP contribution in [-0.4, -0.2) is 40.7 Å². The number of fused-ring (bicyclic) bond motifs is 1. The zero-order valence-electron chi connectivity index (χ0n) is 16.7. The maximum atomic E-state index is 12.3. The molecule has 0 amide bonds. The van der Waals surface area contributed by atoms with Crippen LogP contribution in [0.5, 0.6) is 5.75 Å². The Morgan fingerprint density at radius 1 is 1.24 bits per heavy atom. The van der Waals surface area contributed by atoms with Gasteiger partial charge in [0.2, 0.25) is 0 Å². The second kappa shape index (κ2) is 7.99. The molecule has 2 heterocycles. The van der Waals surface area contributed by atoms with Crippen molar-refractivity contribution < 1.29 is 17.9 Å². The van der Waals surface area contributed by atoms with Crippen molar-refractivity contribution in [2.24, 2.45) is 17.8 Å². The Labute approximate surface area is 168 Å². The van der Waals surface area contributed by atoms with Crippen molar-refractivity contribution in [2.45, 2.75) is 39.8 Å². The number of hydrogen-bond acceptors (Lipinski definition) is 4. The lowest BCUT2D eigenvalue weighted by atomic mass is 10.2. The Morgan fingerprint density at radius 2 is 2.00 bits per heavy atom. The standard InChI is InChI=1S/C21H27F3N4O/c1-3-28-14(2)16(9-26-28)11-27-12-19-18(20(19)13-27)10-25-8-15-5-4-6-17(7-15)29-21(22,23)24/h4-7,9,18-20,25H,3,8,10-13H2,1-2H3. The van der Waals surface area contributed by atoms with Gasteiger partial charge in [-0.3, -0.25) is 9.58 Å². The number of alkyl halides is 3. The lowest BCUT2D eigenvalue weighted by molar-refractivity contribution is -0.274. The number of nitrogens with one attached hydrogen (secondary N) is 1. The number of hydrogen-bond donors (Lipinski definition) is 1. The Hall–Kier alpha value is -2.06. The zero-order chi connectivity index (χ0) is 20.6. The average molecular weight is 408 g/mol. The van der Waals surface area contributed by atoms with Crippen LogP contribution < -0.4 is 10.1 Å². The number of halogens is 3. The van der Waals surface area contributed by atoms with Crippen LogP contribution >= 0.6 is 0 Å². The molecule has 5 nitrogen and oxygen atoms in total. The van der Waals surface area contributed by atoms with Crippen molar-refractivity contribution in [3.05, 3.63) is 47.3 Å². The lowest BCUT2D eigenvalue weighted by Crippen LogP contribution is -2.27. The Morgan fingerprint density at radius 3 is 2.66 bits per heavy atom. The van der Waals surface area contributed by atoms with E-state index in [-0.39, 0.29) is 5.75 Å². The Kier molecular flexibility index (Phi) is 5.57. The first kappa shape index (κ1) is 20.2. The van der Waals surface area contributed by atoms with Crippen LogP contribution in [0.2, 0.25) is 0 Å². The van der Waals surface area contributed by atoms with Crippen LogP contribution in [-0.2, 0) is 19.6 Å². The highest BCUT2D eigenvalue weighted by molar-refractivity contribution is 5.28. The molecule has 1 aromatic carbocycles. The molecule has 0 radical (unpaired) electrons. The monoisotopic (exact) mass is 408 g/mol. The largest absolute Gasteiger partial charge is 0.573 e. The van der Waals surface area contributed by atoms with E-state index in [9.17, 15) is 13.2 Å². The van der Waals surface area contributed by atoms with Gasteiger partial charge in [-0.25, -0.2) is 0 Å². The number of aryl methyl sites for hydroxylation is 1. The van der Waals surface area contributed by atoms with Crippen molar-refractivity contribution >= 4 is 0 Å². The molecule has 4 rings (SSSR count). The molecule has 29 heavy (non-hydrogen) atoms. The fourth-order valence-corrected chi connectivity index (χ4v) is 4.60. The van der Waals surface area contributed by atoms with Gasteiger partial charge in [-0.15, -0.1) is 13.2 Å². The van der Waals surface area contributed by atoms with Crippen LogP contribution in [0.3, 0.4) is 0 Å². The Bertz CT molecular complexity index is 839. The molecule has 1 aliphatic heterocycles. The second-order valence-corrected chi connectivity index (χ2v) is 8.08. The van der Waals surface area contributed by atoms with Gasteiger partial charge < -0.3 is 10.1 Å². The van der Waals surface area contributed by atoms with Gasteiger partial charge >= 0.3 is 6.36 Å². The van der Waals surface area contributed by atoms with E-state index >= 15 is 0 Å². The summed E-state index contributed by atoms with van der Waals surface area (Å²) in [5.74, 6) is 1.95. The maximum absolute atomic E-state index is 12.3. The summed E-state index contributed by atoms with van der Waals surface area (Å²) in [5, 5.41) is 7.82. The molecule has 1 aliphatic carbocycles. The highest BCUT2D eigenvalue weighted by atomic mass is 19.4. The summed E-state index contributed by atoms with van der Waals surface area (Å²) in [6.07, 6.45) is -2.67. The third-order valence-electron chi connectivity index (χ3n) is 6.19. The van der Waals surface area contributed by atoms with Crippen molar-refractivity contribution in [1.29, 1.82) is 0 Å². The molecule has 8 heteroatoms. The van der Waals surface area contributed by atoms with Gasteiger partial charge in [0.1, 0.15) is 5.75 Å². The molecule has 2 unspecified atom stereocenters. The predicted molar refractivity (Wildman–Crippen MR) is 103 cm³/mol. The number of benzene rings is 1. The zero-order valence-corrected chi connectivity index (χ0v) is 16.7. The van der Waals surface area contributed by atoms with E-state index in [4.69, 9.17) is 0 Å². The van der Waals surface area contributed by atoms with Crippen molar-refractivity contribution in [3.8, 4) is 5.75 Å². The third-order valence-corrected chi connectivity index (χ3v) is 6.19. The van der Waals surface area contributed by atoms with Gasteiger partial charge in [-0.2, -0.15) is 5.10 Å². The van der Waals surface area contributed by atoms with E-state index in [1.54, 1.807) is 6.07 Å². The molecule has 0 spiro atoms. The van der Waals surface area contributed by atoms with Crippen LogP contribution in [0.15, 0.2) is 30.5 Å². The van der Waals surface area contributed by atoms with E-state index in [2.05, 4.69) is 33.9 Å². The normalized spacial score (nSPS) is 24.0. The average Bonchev–Trinajstić information content (AvgIpc) is 2.98. The molecular formula is C21H27F3N4O. The topological polar surface area (TPSA) is 42.3 Å².